The van der Waals surface area contributed by atoms with Crippen LogP contribution in [-0.2, 0) is 0 Å². The first kappa shape index (κ1) is 23.1. The molecule has 0 spiro atoms. The molecule has 3 aromatic rings. The number of hydrogen-bond acceptors (Lipinski definition) is 7. The third-order valence-electron chi connectivity index (χ3n) is 5.42. The number of halogens is 1. The first-order valence-electron chi connectivity index (χ1n) is 10.5. The predicted molar refractivity (Wildman–Crippen MR) is 125 cm³/mol. The molecule has 1 aliphatic heterocycles. The van der Waals surface area contributed by atoms with E-state index in [1.165, 1.54) is 11.8 Å². The molecule has 4 rings (SSSR count). The molecule has 0 aliphatic carbocycles. The van der Waals surface area contributed by atoms with Gasteiger partial charge in [0, 0.05) is 31.9 Å². The van der Waals surface area contributed by atoms with Crippen LogP contribution in [0.2, 0.25) is 0 Å². The number of hydrogen-bond donors (Lipinski definition) is 3. The molecule has 0 atom stereocenters. The van der Waals surface area contributed by atoms with Gasteiger partial charge >= 0.3 is 0 Å². The number of aliphatic hydroxyl groups excluding tert-OH is 1. The summed E-state index contributed by atoms with van der Waals surface area (Å²) in [5.41, 5.74) is 9.79. The Bertz CT molecular complexity index is 1050. The number of aryl methyl sites for hydroxylation is 1. The highest BCUT2D eigenvalue weighted by Crippen LogP contribution is 2.27. The van der Waals surface area contributed by atoms with Crippen molar-refractivity contribution in [3.8, 4) is 11.3 Å². The normalized spacial score (nSPS) is 13.8. The van der Waals surface area contributed by atoms with Gasteiger partial charge in [-0.15, -0.1) is 0 Å². The number of carbonyl (C=O) groups is 1. The summed E-state index contributed by atoms with van der Waals surface area (Å²) in [5, 5.41) is 12.6. The number of carbonyl (C=O) groups excluding carboxylic acids is 1. The summed E-state index contributed by atoms with van der Waals surface area (Å²) in [4.78, 5) is 21.2. The van der Waals surface area contributed by atoms with E-state index in [0.717, 1.165) is 37.2 Å². The Morgan fingerprint density at radius 1 is 1.22 bits per heavy atom. The Morgan fingerprint density at radius 3 is 2.62 bits per heavy atom. The van der Waals surface area contributed by atoms with Crippen molar-refractivity contribution in [3.63, 3.8) is 0 Å². The van der Waals surface area contributed by atoms with Gasteiger partial charge in [0.25, 0.3) is 0 Å². The average Bonchev–Trinajstić information content (AvgIpc) is 2.81. The molecule has 8 heteroatoms. The van der Waals surface area contributed by atoms with Crippen LogP contribution in [0.15, 0.2) is 48.8 Å². The number of nitrogens with two attached hydrogens (primary N) is 1. The smallest absolute Gasteiger partial charge is 0.170 e. The fourth-order valence-corrected chi connectivity index (χ4v) is 3.64. The minimum Gasteiger partial charge on any atom is -0.397 e. The molecule has 1 aliphatic rings. The predicted octanol–water partition coefficient (Wildman–Crippen LogP) is 3.68. The molecule has 0 radical (unpaired) electrons. The lowest BCUT2D eigenvalue weighted by molar-refractivity contribution is 0.112. The monoisotopic (exact) mass is 437 g/mol. The third kappa shape index (κ3) is 5.39. The Labute approximate surface area is 187 Å². The molecular weight excluding hydrogens is 409 g/mol. The van der Waals surface area contributed by atoms with E-state index >= 15 is 0 Å². The van der Waals surface area contributed by atoms with E-state index in [0.29, 0.717) is 17.5 Å². The second kappa shape index (κ2) is 10.7. The standard InChI is InChI=1S/C13H11FN2O.C11H17N3O/c1-8-3-2-4-9(14)13(8)11-6-5-10(15)12(7-17)16-11;1-12-10-8-13-5-2-11(10)14-6-3-9(15)4-7-14/h2-7H,15H2,1H3;2,5,8-9,12,15H,3-4,6-7H2,1H3. The van der Waals surface area contributed by atoms with Crippen molar-refractivity contribution in [2.24, 2.45) is 0 Å². The number of nitrogen functional groups attached to an aromatic ring is 1. The molecule has 2 aromatic heterocycles. The molecule has 32 heavy (non-hydrogen) atoms. The van der Waals surface area contributed by atoms with Gasteiger partial charge in [0.05, 0.1) is 35.1 Å². The number of benzene rings is 1. The lowest BCUT2D eigenvalue weighted by Crippen LogP contribution is -2.36. The second-order valence-corrected chi connectivity index (χ2v) is 7.58. The number of aromatic nitrogens is 2. The van der Waals surface area contributed by atoms with Gasteiger partial charge in [0.1, 0.15) is 11.5 Å². The number of nitrogens with one attached hydrogen (secondary N) is 1. The summed E-state index contributed by atoms with van der Waals surface area (Å²) in [6, 6.07) is 9.96. The van der Waals surface area contributed by atoms with Gasteiger partial charge in [-0.25, -0.2) is 9.37 Å². The number of pyridine rings is 2. The summed E-state index contributed by atoms with van der Waals surface area (Å²) < 4.78 is 13.7. The van der Waals surface area contributed by atoms with Gasteiger partial charge < -0.3 is 21.1 Å². The number of rotatable bonds is 4. The van der Waals surface area contributed by atoms with E-state index in [2.05, 4.69) is 20.2 Å². The lowest BCUT2D eigenvalue weighted by atomic mass is 10.0. The van der Waals surface area contributed by atoms with E-state index in [-0.39, 0.29) is 23.3 Å². The molecule has 3 heterocycles. The zero-order chi connectivity index (χ0) is 23.1. The van der Waals surface area contributed by atoms with Crippen LogP contribution >= 0.6 is 0 Å². The van der Waals surface area contributed by atoms with Crippen molar-refractivity contribution in [2.45, 2.75) is 25.9 Å². The van der Waals surface area contributed by atoms with Crippen LogP contribution < -0.4 is 16.0 Å². The first-order chi connectivity index (χ1) is 15.4. The van der Waals surface area contributed by atoms with Gasteiger partial charge in [-0.2, -0.15) is 0 Å². The Hall–Kier alpha value is -3.52. The van der Waals surface area contributed by atoms with Gasteiger partial charge in [-0.05, 0) is 49.6 Å². The van der Waals surface area contributed by atoms with Crippen molar-refractivity contribution >= 4 is 23.3 Å². The highest BCUT2D eigenvalue weighted by atomic mass is 19.1. The topological polar surface area (TPSA) is 104 Å². The lowest BCUT2D eigenvalue weighted by Gasteiger charge is -2.32. The van der Waals surface area contributed by atoms with E-state index < -0.39 is 0 Å². The molecule has 168 valence electrons. The molecule has 1 saturated heterocycles. The molecular formula is C24H28FN5O2. The number of aldehydes is 1. The maximum absolute atomic E-state index is 13.7. The fraction of sp³-hybridized carbons (Fsp3) is 0.292. The SMILES string of the molecule is CNc1cnccc1N1CCC(O)CC1.Cc1cccc(F)c1-c1ccc(N)c(C=O)n1. The zero-order valence-electron chi connectivity index (χ0n) is 18.3. The molecule has 0 amide bonds. The summed E-state index contributed by atoms with van der Waals surface area (Å²) in [5.74, 6) is -0.362. The van der Waals surface area contributed by atoms with Crippen molar-refractivity contribution in [2.75, 3.05) is 36.1 Å². The fourth-order valence-electron chi connectivity index (χ4n) is 3.64. The van der Waals surface area contributed by atoms with Crippen LogP contribution in [0.3, 0.4) is 0 Å². The Kier molecular flexibility index (Phi) is 7.72. The van der Waals surface area contributed by atoms with E-state index in [1.54, 1.807) is 37.4 Å². The number of anilines is 3. The molecule has 1 fully saturated rings. The summed E-state index contributed by atoms with van der Waals surface area (Å²) >= 11 is 0. The number of nitrogens with zero attached hydrogens (tertiary/aromatic N) is 3. The molecule has 0 bridgehead atoms. The highest BCUT2D eigenvalue weighted by molar-refractivity contribution is 5.82. The maximum atomic E-state index is 13.7. The Morgan fingerprint density at radius 2 is 1.97 bits per heavy atom. The van der Waals surface area contributed by atoms with Crippen molar-refractivity contribution < 1.29 is 14.3 Å². The summed E-state index contributed by atoms with van der Waals surface area (Å²) in [6.07, 6.45) is 5.79. The van der Waals surface area contributed by atoms with Crippen LogP contribution in [0.4, 0.5) is 21.5 Å². The van der Waals surface area contributed by atoms with Crippen molar-refractivity contribution in [1.29, 1.82) is 0 Å². The van der Waals surface area contributed by atoms with E-state index in [4.69, 9.17) is 5.73 Å². The minimum atomic E-state index is -0.362. The van der Waals surface area contributed by atoms with Crippen LogP contribution in [-0.4, -0.2) is 47.6 Å². The molecule has 4 N–H and O–H groups in total. The maximum Gasteiger partial charge on any atom is 0.170 e. The average molecular weight is 438 g/mol. The summed E-state index contributed by atoms with van der Waals surface area (Å²) in [7, 11) is 1.90. The van der Waals surface area contributed by atoms with E-state index in [9.17, 15) is 14.3 Å². The van der Waals surface area contributed by atoms with Crippen LogP contribution in [0.5, 0.6) is 0 Å². The van der Waals surface area contributed by atoms with Gasteiger partial charge in [0.2, 0.25) is 0 Å². The van der Waals surface area contributed by atoms with Crippen LogP contribution in [0, 0.1) is 12.7 Å². The molecule has 0 unspecified atom stereocenters. The van der Waals surface area contributed by atoms with Gasteiger partial charge in [0.15, 0.2) is 6.29 Å². The van der Waals surface area contributed by atoms with Crippen LogP contribution in [0.1, 0.15) is 28.9 Å². The van der Waals surface area contributed by atoms with E-state index in [1.807, 2.05) is 19.3 Å². The first-order valence-corrected chi connectivity index (χ1v) is 10.5. The zero-order valence-corrected chi connectivity index (χ0v) is 18.3. The molecule has 0 saturated carbocycles. The minimum absolute atomic E-state index is 0.124. The van der Waals surface area contributed by atoms with Gasteiger partial charge in [-0.3, -0.25) is 9.78 Å². The van der Waals surface area contributed by atoms with Gasteiger partial charge in [-0.1, -0.05) is 12.1 Å². The van der Waals surface area contributed by atoms with Crippen LogP contribution in [0.25, 0.3) is 11.3 Å². The Balaban J connectivity index is 0.000000182. The summed E-state index contributed by atoms with van der Waals surface area (Å²) in [6.45, 7) is 3.62. The number of aliphatic hydroxyl groups is 1. The van der Waals surface area contributed by atoms with Crippen molar-refractivity contribution in [1.82, 2.24) is 9.97 Å². The quantitative estimate of drug-likeness (QED) is 0.535. The molecule has 1 aromatic carbocycles. The highest BCUT2D eigenvalue weighted by Gasteiger charge is 2.18. The third-order valence-corrected chi connectivity index (χ3v) is 5.42. The largest absolute Gasteiger partial charge is 0.397 e. The van der Waals surface area contributed by atoms with Crippen molar-refractivity contribution in [3.05, 3.63) is 65.9 Å². The number of piperidine rings is 1. The second-order valence-electron chi connectivity index (χ2n) is 7.58. The molecule has 7 nitrogen and oxygen atoms in total.